The van der Waals surface area contributed by atoms with E-state index in [2.05, 4.69) is 0 Å². The maximum Gasteiger partial charge on any atom is 4.00 e. The van der Waals surface area contributed by atoms with E-state index in [0.717, 1.165) is 51.4 Å². The molecule has 0 heterocycles. The van der Waals surface area contributed by atoms with Gasteiger partial charge >= 0.3 is 43.4 Å². The topological polar surface area (TPSA) is 184 Å². The number of hydrogen-bond acceptors (Lipinski definition) is 8. The van der Waals surface area contributed by atoms with Crippen LogP contribution >= 0.6 is 0 Å². The van der Waals surface area contributed by atoms with Crippen molar-refractivity contribution in [2.24, 2.45) is 0 Å². The van der Waals surface area contributed by atoms with Crippen LogP contribution in [0.1, 0.15) is 162 Å². The van der Waals surface area contributed by atoms with Gasteiger partial charge in [-0.1, -0.05) is 162 Å². The molecule has 42 heavy (non-hydrogen) atoms. The predicted molar refractivity (Wildman–Crippen MR) is 158 cm³/mol. The van der Waals surface area contributed by atoms with Crippen molar-refractivity contribution in [1.29, 1.82) is 0 Å². The first-order valence-corrected chi connectivity index (χ1v) is 14.8. The Morgan fingerprint density at radius 3 is 0.381 bits per heavy atom. The molecule has 0 radical (unpaired) electrons. The Hall–Kier alpha value is 1.11. The van der Waals surface area contributed by atoms with Gasteiger partial charge < -0.3 is 40.9 Å². The number of hydrogen-bond donors (Lipinski definition) is 0. The summed E-state index contributed by atoms with van der Waals surface area (Å²) in [6.07, 6.45) is 7.46. The molecule has 0 aliphatic carbocycles. The Labute approximate surface area is 293 Å². The first-order valence-electron chi connectivity index (χ1n) is 14.8. The predicted octanol–water partition coefficient (Wildman–Crippen LogP) is 1.16. The Morgan fingerprint density at radius 1 is 0.310 bits per heavy atom. The van der Waals surface area contributed by atoms with E-state index in [-0.39, 0.29) is 69.9 Å². The minimum atomic E-state index is -0.750. The molecule has 0 bridgehead atoms. The van der Waals surface area contributed by atoms with Crippen LogP contribution in [0.25, 0.3) is 0 Å². The molecule has 0 saturated carbocycles. The third-order valence-corrected chi connectivity index (χ3v) is 1.99. The maximum absolute atomic E-state index is 10.1. The monoisotopic (exact) mass is 680 g/mol. The van der Waals surface area contributed by atoms with Gasteiger partial charge in [0.2, 0.25) is 0 Å². The van der Waals surface area contributed by atoms with Crippen molar-refractivity contribution in [3.05, 3.63) is 0 Å². The summed E-state index contributed by atoms with van der Waals surface area (Å²) in [6, 6.07) is 0. The molecule has 0 rings (SSSR count). The van der Waals surface area contributed by atoms with Gasteiger partial charge in [0, 0.05) is 0 Å². The van der Waals surface area contributed by atoms with Crippen molar-refractivity contribution in [1.82, 2.24) is 0 Å². The number of rotatable bonds is 8. The first kappa shape index (κ1) is 69.7. The minimum Gasteiger partial charge on any atom is -0.854 e. The smallest absolute Gasteiger partial charge is 0.854 e. The molecule has 0 aromatic heterocycles. The second-order valence-electron chi connectivity index (χ2n) is 12.7. The van der Waals surface area contributed by atoms with E-state index >= 15 is 0 Å². The summed E-state index contributed by atoms with van der Waals surface area (Å²) < 4.78 is 0. The van der Waals surface area contributed by atoms with Gasteiger partial charge in [0.05, 0.1) is 0 Å². The van der Waals surface area contributed by atoms with Crippen LogP contribution in [0.3, 0.4) is 0 Å². The fraction of sp³-hybridized carbons (Fsp3) is 1.00. The molecule has 0 amide bonds. The Kier molecular flexibility index (Phi) is 85.8. The molecular weight excluding hydrogens is 608 g/mol. The van der Waals surface area contributed by atoms with Crippen molar-refractivity contribution >= 4 is 0 Å². The van der Waals surface area contributed by atoms with Crippen molar-refractivity contribution in [3.8, 4) is 0 Å². The Bertz CT molecular complexity index is 271. The molecule has 256 valence electrons. The zero-order chi connectivity index (χ0) is 34.5. The molecule has 0 N–H and O–H groups in total. The standard InChI is InChI=1S/8C4H9O.2Ti/c4*1-4(2,3)5;4*1-2-3-4-5;;/h4*1-3H3;4*2-4H2,1H3;;/q8*-1;2*+4. The van der Waals surface area contributed by atoms with Crippen LogP contribution in [0.15, 0.2) is 0 Å². The van der Waals surface area contributed by atoms with Crippen LogP contribution < -0.4 is 40.9 Å². The molecular formula is C32H72O8Ti2. The maximum atomic E-state index is 10.1. The fourth-order valence-electron chi connectivity index (χ4n) is 0.577. The van der Waals surface area contributed by atoms with Crippen LogP contribution in [0.5, 0.6) is 0 Å². The quantitative estimate of drug-likeness (QED) is 0.342. The van der Waals surface area contributed by atoms with Crippen molar-refractivity contribution < 1.29 is 84.3 Å². The summed E-state index contributed by atoms with van der Waals surface area (Å²) in [5.41, 5.74) is -3.00. The van der Waals surface area contributed by atoms with Gasteiger partial charge in [0.1, 0.15) is 0 Å². The average Bonchev–Trinajstić information content (AvgIpc) is 2.67. The molecule has 0 atom stereocenters. The Balaban J connectivity index is -0.0000000346. The molecule has 0 aromatic carbocycles. The van der Waals surface area contributed by atoms with E-state index in [1.807, 2.05) is 27.7 Å². The first-order chi connectivity index (χ1) is 17.7. The Morgan fingerprint density at radius 2 is 0.381 bits per heavy atom. The summed E-state index contributed by atoms with van der Waals surface area (Å²) in [5, 5.41) is 78.5. The molecule has 0 spiro atoms. The molecule has 0 aliphatic rings. The van der Waals surface area contributed by atoms with Gasteiger partial charge in [-0.2, -0.15) is 0 Å². The van der Waals surface area contributed by atoms with E-state index in [1.165, 1.54) is 0 Å². The van der Waals surface area contributed by atoms with Gasteiger partial charge in [-0.05, 0) is 0 Å². The van der Waals surface area contributed by atoms with Crippen LogP contribution in [-0.2, 0) is 43.4 Å². The summed E-state index contributed by atoms with van der Waals surface area (Å²) in [6.45, 7) is 28.0. The van der Waals surface area contributed by atoms with E-state index in [1.54, 1.807) is 83.1 Å². The molecule has 0 saturated heterocycles. The van der Waals surface area contributed by atoms with Crippen molar-refractivity contribution in [2.45, 2.75) is 185 Å². The van der Waals surface area contributed by atoms with E-state index in [0.29, 0.717) is 0 Å². The summed E-state index contributed by atoms with van der Waals surface area (Å²) in [7, 11) is 0. The van der Waals surface area contributed by atoms with Crippen LogP contribution in [0.4, 0.5) is 0 Å². The second kappa shape index (κ2) is 51.7. The van der Waals surface area contributed by atoms with Gasteiger partial charge in [-0.15, -0.1) is 48.8 Å². The van der Waals surface area contributed by atoms with Crippen molar-refractivity contribution in [2.75, 3.05) is 26.4 Å². The number of unbranched alkanes of at least 4 members (excludes halogenated alkanes) is 4. The van der Waals surface area contributed by atoms with Crippen molar-refractivity contribution in [3.63, 3.8) is 0 Å². The molecule has 8 nitrogen and oxygen atoms in total. The molecule has 0 aromatic rings. The third kappa shape index (κ3) is 797. The van der Waals surface area contributed by atoms with E-state index in [9.17, 15) is 40.9 Å². The zero-order valence-electron chi connectivity index (χ0n) is 30.8. The van der Waals surface area contributed by atoms with Crippen LogP contribution in [0, 0.1) is 0 Å². The van der Waals surface area contributed by atoms with Gasteiger partial charge in [0.25, 0.3) is 0 Å². The van der Waals surface area contributed by atoms with E-state index < -0.39 is 22.4 Å². The molecule has 0 aliphatic heterocycles. The minimum absolute atomic E-state index is 0. The summed E-state index contributed by atoms with van der Waals surface area (Å²) >= 11 is 0. The average molecular weight is 681 g/mol. The largest absolute Gasteiger partial charge is 4.00 e. The molecule has 0 unspecified atom stereocenters. The third-order valence-electron chi connectivity index (χ3n) is 1.99. The van der Waals surface area contributed by atoms with E-state index in [4.69, 9.17) is 0 Å². The summed E-state index contributed by atoms with van der Waals surface area (Å²) in [4.78, 5) is 0. The summed E-state index contributed by atoms with van der Waals surface area (Å²) in [5.74, 6) is 0. The van der Waals surface area contributed by atoms with Gasteiger partial charge in [-0.25, -0.2) is 0 Å². The van der Waals surface area contributed by atoms with Crippen LogP contribution in [0.2, 0.25) is 0 Å². The van der Waals surface area contributed by atoms with Gasteiger partial charge in [0.15, 0.2) is 0 Å². The normalized spacial score (nSPS) is 9.71. The van der Waals surface area contributed by atoms with Crippen LogP contribution in [-0.4, -0.2) is 48.8 Å². The SMILES string of the molecule is CC(C)(C)[O-].CC(C)(C)[O-].CC(C)(C)[O-].CC(C)(C)[O-].CCCC[O-].CCCC[O-].CCCC[O-].CCCC[O-].[Ti+4].[Ti+4]. The molecule has 10 heteroatoms. The second-order valence-corrected chi connectivity index (χ2v) is 12.7. The van der Waals surface area contributed by atoms with Gasteiger partial charge in [-0.3, -0.25) is 0 Å². The molecule has 0 fully saturated rings. The zero-order valence-corrected chi connectivity index (χ0v) is 33.9. The fourth-order valence-corrected chi connectivity index (χ4v) is 0.577.